The standard InChI is InChI=1S/C9H6ClF2NO4/c1-4(14)5-2-7(13(15)16)8(3-6(5)10)17-9(11)12/h2-3,9H,1H3. The van der Waals surface area contributed by atoms with E-state index in [1.807, 2.05) is 0 Å². The molecule has 0 radical (unpaired) electrons. The number of alkyl halides is 2. The fourth-order valence-corrected chi connectivity index (χ4v) is 1.43. The van der Waals surface area contributed by atoms with E-state index in [2.05, 4.69) is 4.74 Å². The average Bonchev–Trinajstić information content (AvgIpc) is 2.15. The van der Waals surface area contributed by atoms with Crippen LogP contribution < -0.4 is 4.74 Å². The lowest BCUT2D eigenvalue weighted by Gasteiger charge is -2.07. The summed E-state index contributed by atoms with van der Waals surface area (Å²) < 4.78 is 28.0. The quantitative estimate of drug-likeness (QED) is 0.477. The van der Waals surface area contributed by atoms with Crippen molar-refractivity contribution in [3.8, 4) is 5.75 Å². The molecule has 0 atom stereocenters. The van der Waals surface area contributed by atoms with Crippen molar-refractivity contribution < 1.29 is 23.2 Å². The van der Waals surface area contributed by atoms with Gasteiger partial charge in [0, 0.05) is 17.7 Å². The Bertz CT molecular complexity index is 478. The Balaban J connectivity index is 3.35. The SMILES string of the molecule is CC(=O)c1cc([N+](=O)[O-])c(OC(F)F)cc1Cl. The van der Waals surface area contributed by atoms with Crippen molar-refractivity contribution in [3.63, 3.8) is 0 Å². The molecule has 0 saturated heterocycles. The molecule has 0 aliphatic carbocycles. The molecule has 92 valence electrons. The molecule has 0 fully saturated rings. The first-order chi connectivity index (χ1) is 7.82. The van der Waals surface area contributed by atoms with Crippen LogP contribution in [0.2, 0.25) is 5.02 Å². The summed E-state index contributed by atoms with van der Waals surface area (Å²) in [5.74, 6) is -1.19. The van der Waals surface area contributed by atoms with Crippen LogP contribution in [0.15, 0.2) is 12.1 Å². The Morgan fingerprint density at radius 2 is 2.12 bits per heavy atom. The highest BCUT2D eigenvalue weighted by Crippen LogP contribution is 2.34. The number of carbonyl (C=O) groups excluding carboxylic acids is 1. The van der Waals surface area contributed by atoms with Crippen LogP contribution in [0.4, 0.5) is 14.5 Å². The van der Waals surface area contributed by atoms with Crippen LogP contribution in [0.3, 0.4) is 0 Å². The molecule has 1 aromatic carbocycles. The van der Waals surface area contributed by atoms with Crippen LogP contribution in [0.1, 0.15) is 17.3 Å². The smallest absolute Gasteiger partial charge is 0.387 e. The van der Waals surface area contributed by atoms with E-state index in [0.717, 1.165) is 19.1 Å². The lowest BCUT2D eigenvalue weighted by molar-refractivity contribution is -0.386. The summed E-state index contributed by atoms with van der Waals surface area (Å²) in [6.45, 7) is -2.06. The number of ketones is 1. The molecule has 1 aromatic rings. The summed E-state index contributed by atoms with van der Waals surface area (Å²) in [6.07, 6.45) is 0. The normalized spacial score (nSPS) is 10.4. The Labute approximate surface area is 99.1 Å². The number of rotatable bonds is 4. The van der Waals surface area contributed by atoms with Crippen LogP contribution in [-0.4, -0.2) is 17.3 Å². The van der Waals surface area contributed by atoms with Gasteiger partial charge in [0.1, 0.15) is 0 Å². The van der Waals surface area contributed by atoms with Crippen LogP contribution in [-0.2, 0) is 0 Å². The van der Waals surface area contributed by atoms with Crippen LogP contribution in [0.25, 0.3) is 0 Å². The van der Waals surface area contributed by atoms with Gasteiger partial charge in [0.05, 0.1) is 9.95 Å². The number of nitrogens with zero attached hydrogens (tertiary/aromatic N) is 1. The Morgan fingerprint density at radius 1 is 1.53 bits per heavy atom. The van der Waals surface area contributed by atoms with E-state index < -0.39 is 28.8 Å². The Kier molecular flexibility index (Phi) is 3.95. The van der Waals surface area contributed by atoms with Gasteiger partial charge in [-0.2, -0.15) is 8.78 Å². The summed E-state index contributed by atoms with van der Waals surface area (Å²) in [4.78, 5) is 20.8. The van der Waals surface area contributed by atoms with Gasteiger partial charge in [0.25, 0.3) is 0 Å². The van der Waals surface area contributed by atoms with E-state index in [1.165, 1.54) is 0 Å². The molecule has 0 amide bonds. The van der Waals surface area contributed by atoms with Gasteiger partial charge >= 0.3 is 12.3 Å². The second-order valence-corrected chi connectivity index (χ2v) is 3.40. The van der Waals surface area contributed by atoms with Gasteiger partial charge in [-0.15, -0.1) is 0 Å². The van der Waals surface area contributed by atoms with E-state index in [-0.39, 0.29) is 10.6 Å². The van der Waals surface area contributed by atoms with Crippen molar-refractivity contribution in [2.45, 2.75) is 13.5 Å². The minimum absolute atomic E-state index is 0.125. The maximum atomic E-state index is 12.0. The lowest BCUT2D eigenvalue weighted by Crippen LogP contribution is -2.06. The lowest BCUT2D eigenvalue weighted by atomic mass is 10.1. The molecule has 8 heteroatoms. The number of Topliss-reactive ketones (excluding diaryl/α,β-unsaturated/α-hetero) is 1. The molecule has 5 nitrogen and oxygen atoms in total. The number of nitro benzene ring substituents is 1. The Hall–Kier alpha value is -1.76. The van der Waals surface area contributed by atoms with E-state index in [4.69, 9.17) is 11.6 Å². The molecule has 0 unspecified atom stereocenters. The minimum atomic E-state index is -3.21. The summed E-state index contributed by atoms with van der Waals surface area (Å²) in [7, 11) is 0. The number of hydrogen-bond donors (Lipinski definition) is 0. The minimum Gasteiger partial charge on any atom is -0.427 e. The molecule has 0 N–H and O–H groups in total. The number of halogens is 3. The van der Waals surface area contributed by atoms with Crippen molar-refractivity contribution in [2.24, 2.45) is 0 Å². The van der Waals surface area contributed by atoms with Gasteiger partial charge in [0.2, 0.25) is 5.75 Å². The van der Waals surface area contributed by atoms with Gasteiger partial charge in [-0.3, -0.25) is 14.9 Å². The maximum absolute atomic E-state index is 12.0. The summed E-state index contributed by atoms with van der Waals surface area (Å²) >= 11 is 5.62. The first kappa shape index (κ1) is 13.3. The third-order valence-corrected chi connectivity index (χ3v) is 2.15. The molecular formula is C9H6ClF2NO4. The number of ether oxygens (including phenoxy) is 1. The highest BCUT2D eigenvalue weighted by Gasteiger charge is 2.22. The first-order valence-corrected chi connectivity index (χ1v) is 4.64. The van der Waals surface area contributed by atoms with Gasteiger partial charge in [-0.1, -0.05) is 11.6 Å². The molecule has 0 aliphatic heterocycles. The number of nitro groups is 1. The van der Waals surface area contributed by atoms with Crippen LogP contribution in [0, 0.1) is 10.1 Å². The molecule has 0 spiro atoms. The van der Waals surface area contributed by atoms with Gasteiger partial charge in [-0.05, 0) is 6.92 Å². The molecule has 1 rings (SSSR count). The summed E-state index contributed by atoms with van der Waals surface area (Å²) in [5.41, 5.74) is -0.861. The van der Waals surface area contributed by atoms with E-state index in [1.54, 1.807) is 0 Å². The zero-order valence-corrected chi connectivity index (χ0v) is 9.20. The van der Waals surface area contributed by atoms with Crippen molar-refractivity contribution in [1.82, 2.24) is 0 Å². The topological polar surface area (TPSA) is 69.4 Å². The molecule has 0 saturated carbocycles. The molecule has 0 aliphatic rings. The van der Waals surface area contributed by atoms with Gasteiger partial charge in [-0.25, -0.2) is 0 Å². The van der Waals surface area contributed by atoms with Crippen molar-refractivity contribution in [2.75, 3.05) is 0 Å². The monoisotopic (exact) mass is 265 g/mol. The third kappa shape index (κ3) is 3.10. The predicted molar refractivity (Wildman–Crippen MR) is 54.7 cm³/mol. The van der Waals surface area contributed by atoms with E-state index in [0.29, 0.717) is 0 Å². The van der Waals surface area contributed by atoms with E-state index in [9.17, 15) is 23.7 Å². The predicted octanol–water partition coefficient (Wildman–Crippen LogP) is 3.05. The number of hydrogen-bond acceptors (Lipinski definition) is 4. The third-order valence-electron chi connectivity index (χ3n) is 1.84. The zero-order valence-electron chi connectivity index (χ0n) is 8.45. The largest absolute Gasteiger partial charge is 0.427 e. The second kappa shape index (κ2) is 5.05. The van der Waals surface area contributed by atoms with E-state index >= 15 is 0 Å². The fourth-order valence-electron chi connectivity index (χ4n) is 1.15. The van der Waals surface area contributed by atoms with Crippen molar-refractivity contribution in [3.05, 3.63) is 32.8 Å². The van der Waals surface area contributed by atoms with Gasteiger partial charge < -0.3 is 4.74 Å². The number of carbonyl (C=O) groups is 1. The summed E-state index contributed by atoms with van der Waals surface area (Å²) in [5, 5.41) is 10.4. The summed E-state index contributed by atoms with van der Waals surface area (Å²) in [6, 6.07) is 1.63. The molecule has 0 bridgehead atoms. The maximum Gasteiger partial charge on any atom is 0.387 e. The van der Waals surface area contributed by atoms with Gasteiger partial charge in [0.15, 0.2) is 5.78 Å². The van der Waals surface area contributed by atoms with Crippen LogP contribution >= 0.6 is 11.6 Å². The first-order valence-electron chi connectivity index (χ1n) is 4.26. The zero-order chi connectivity index (χ0) is 13.2. The average molecular weight is 266 g/mol. The highest BCUT2D eigenvalue weighted by molar-refractivity contribution is 6.34. The van der Waals surface area contributed by atoms with Crippen molar-refractivity contribution in [1.29, 1.82) is 0 Å². The van der Waals surface area contributed by atoms with Crippen molar-refractivity contribution >= 4 is 23.1 Å². The molecule has 17 heavy (non-hydrogen) atoms. The molecule has 0 aromatic heterocycles. The van der Waals surface area contributed by atoms with Crippen LogP contribution in [0.5, 0.6) is 5.75 Å². The molecule has 0 heterocycles. The Morgan fingerprint density at radius 3 is 2.53 bits per heavy atom. The highest BCUT2D eigenvalue weighted by atomic mass is 35.5. The number of benzene rings is 1. The molecular weight excluding hydrogens is 260 g/mol. The second-order valence-electron chi connectivity index (χ2n) is 2.99. The fraction of sp³-hybridized carbons (Fsp3) is 0.222.